The SMILES string of the molecule is Cc1ccc(C)c(N(CC(=O)N(Cc2cccc(Br)c2)[C@@H](C)C(=O)NC2CCCCC2)S(=O)(=O)N(C)C)c1. The number of carbonyl (C=O) groups is 2. The van der Waals surface area contributed by atoms with Gasteiger partial charge in [-0.1, -0.05) is 59.5 Å². The molecule has 1 atom stereocenters. The van der Waals surface area contributed by atoms with Gasteiger partial charge in [-0.2, -0.15) is 12.7 Å². The molecule has 8 nitrogen and oxygen atoms in total. The Hall–Kier alpha value is -2.43. The molecule has 0 saturated heterocycles. The minimum atomic E-state index is -4.00. The molecule has 0 heterocycles. The highest BCUT2D eigenvalue weighted by Gasteiger charge is 2.34. The molecule has 2 aromatic rings. The molecular weight excluding hydrogens is 568 g/mol. The van der Waals surface area contributed by atoms with Gasteiger partial charge in [0, 0.05) is 31.2 Å². The Kier molecular flexibility index (Phi) is 10.4. The van der Waals surface area contributed by atoms with Crippen LogP contribution in [0.25, 0.3) is 0 Å². The topological polar surface area (TPSA) is 90.0 Å². The van der Waals surface area contributed by atoms with Gasteiger partial charge in [0.05, 0.1) is 5.69 Å². The van der Waals surface area contributed by atoms with Crippen molar-refractivity contribution in [2.24, 2.45) is 0 Å². The van der Waals surface area contributed by atoms with Crippen LogP contribution >= 0.6 is 15.9 Å². The molecule has 0 spiro atoms. The number of nitrogens with one attached hydrogen (secondary N) is 1. The van der Waals surface area contributed by atoms with Gasteiger partial charge in [0.15, 0.2) is 0 Å². The predicted octanol–water partition coefficient (Wildman–Crippen LogP) is 4.54. The molecule has 1 N–H and O–H groups in total. The van der Waals surface area contributed by atoms with Crippen LogP contribution in [0.4, 0.5) is 5.69 Å². The molecule has 0 aliphatic heterocycles. The minimum absolute atomic E-state index is 0.0992. The molecule has 1 saturated carbocycles. The van der Waals surface area contributed by atoms with E-state index >= 15 is 0 Å². The highest BCUT2D eigenvalue weighted by atomic mass is 79.9. The van der Waals surface area contributed by atoms with Crippen LogP contribution in [0.15, 0.2) is 46.9 Å². The highest BCUT2D eigenvalue weighted by molar-refractivity contribution is 9.10. The number of carbonyl (C=O) groups excluding carboxylic acids is 2. The number of nitrogens with zero attached hydrogens (tertiary/aromatic N) is 3. The van der Waals surface area contributed by atoms with Crippen molar-refractivity contribution in [2.45, 2.75) is 71.5 Å². The maximum absolute atomic E-state index is 13.9. The molecule has 3 rings (SSSR count). The maximum Gasteiger partial charge on any atom is 0.304 e. The van der Waals surface area contributed by atoms with Gasteiger partial charge < -0.3 is 10.2 Å². The minimum Gasteiger partial charge on any atom is -0.352 e. The van der Waals surface area contributed by atoms with Crippen LogP contribution in [0, 0.1) is 13.8 Å². The fourth-order valence-corrected chi connectivity index (χ4v) is 6.23. The smallest absolute Gasteiger partial charge is 0.304 e. The standard InChI is InChI=1S/C28H39BrN4O4S/c1-20-14-15-21(2)26(16-20)33(38(36,37)31(4)5)19-27(34)32(18-23-10-9-11-24(29)17-23)22(3)28(35)30-25-12-7-6-8-13-25/h9-11,14-17,22,25H,6-8,12-13,18-19H2,1-5H3,(H,30,35)/t22-/m0/s1. The van der Waals surface area contributed by atoms with E-state index in [1.165, 1.54) is 25.4 Å². The lowest BCUT2D eigenvalue weighted by Gasteiger charge is -2.34. The quantitative estimate of drug-likeness (QED) is 0.430. The third kappa shape index (κ3) is 7.57. The monoisotopic (exact) mass is 606 g/mol. The average Bonchev–Trinajstić information content (AvgIpc) is 2.87. The lowest BCUT2D eigenvalue weighted by atomic mass is 9.95. The molecule has 0 aromatic heterocycles. The number of hydrogen-bond acceptors (Lipinski definition) is 4. The number of amides is 2. The summed E-state index contributed by atoms with van der Waals surface area (Å²) in [5, 5.41) is 3.12. The Morgan fingerprint density at radius 1 is 1.05 bits per heavy atom. The summed E-state index contributed by atoms with van der Waals surface area (Å²) >= 11 is 3.47. The summed E-state index contributed by atoms with van der Waals surface area (Å²) in [4.78, 5) is 28.7. The molecule has 10 heteroatoms. The van der Waals surface area contributed by atoms with E-state index in [0.29, 0.717) is 5.69 Å². The first kappa shape index (κ1) is 30.1. The molecule has 2 aromatic carbocycles. The van der Waals surface area contributed by atoms with Crippen LogP contribution in [-0.4, -0.2) is 62.2 Å². The molecule has 208 valence electrons. The second-order valence-electron chi connectivity index (χ2n) is 10.3. The van der Waals surface area contributed by atoms with E-state index in [1.54, 1.807) is 13.0 Å². The Labute approximate surface area is 235 Å². The van der Waals surface area contributed by atoms with Crippen molar-refractivity contribution in [3.05, 3.63) is 63.6 Å². The van der Waals surface area contributed by atoms with Crippen molar-refractivity contribution in [2.75, 3.05) is 24.9 Å². The number of aryl methyl sites for hydroxylation is 2. The van der Waals surface area contributed by atoms with E-state index in [0.717, 1.165) is 55.5 Å². The van der Waals surface area contributed by atoms with E-state index in [2.05, 4.69) is 21.2 Å². The van der Waals surface area contributed by atoms with Gasteiger partial charge in [0.25, 0.3) is 0 Å². The number of rotatable bonds is 10. The summed E-state index contributed by atoms with van der Waals surface area (Å²) < 4.78 is 29.9. The average molecular weight is 608 g/mol. The summed E-state index contributed by atoms with van der Waals surface area (Å²) in [6.45, 7) is 5.14. The lowest BCUT2D eigenvalue weighted by molar-refractivity contribution is -0.139. The van der Waals surface area contributed by atoms with Crippen molar-refractivity contribution in [3.8, 4) is 0 Å². The predicted molar refractivity (Wildman–Crippen MR) is 155 cm³/mol. The third-order valence-electron chi connectivity index (χ3n) is 7.01. The first-order valence-electron chi connectivity index (χ1n) is 13.0. The van der Waals surface area contributed by atoms with Gasteiger partial charge in [-0.05, 0) is 68.5 Å². The fourth-order valence-electron chi connectivity index (χ4n) is 4.67. The second-order valence-corrected chi connectivity index (χ2v) is 13.2. The molecule has 1 aliphatic rings. The fraction of sp³-hybridized carbons (Fsp3) is 0.500. The summed E-state index contributed by atoms with van der Waals surface area (Å²) in [7, 11) is -1.11. The molecule has 2 amide bonds. The highest BCUT2D eigenvalue weighted by Crippen LogP contribution is 2.26. The molecule has 0 radical (unpaired) electrons. The zero-order valence-electron chi connectivity index (χ0n) is 22.9. The largest absolute Gasteiger partial charge is 0.352 e. The van der Waals surface area contributed by atoms with Crippen LogP contribution in [-0.2, 0) is 26.3 Å². The zero-order valence-corrected chi connectivity index (χ0v) is 25.3. The van der Waals surface area contributed by atoms with Crippen LogP contribution in [0.1, 0.15) is 55.7 Å². The molecule has 0 bridgehead atoms. The van der Waals surface area contributed by atoms with Crippen molar-refractivity contribution >= 4 is 43.6 Å². The van der Waals surface area contributed by atoms with Crippen molar-refractivity contribution in [1.29, 1.82) is 0 Å². The molecule has 1 aliphatic carbocycles. The van der Waals surface area contributed by atoms with Crippen LogP contribution < -0.4 is 9.62 Å². The number of halogens is 1. The Morgan fingerprint density at radius 2 is 1.74 bits per heavy atom. The molecule has 38 heavy (non-hydrogen) atoms. The second kappa shape index (κ2) is 13.1. The van der Waals surface area contributed by atoms with Crippen molar-refractivity contribution in [1.82, 2.24) is 14.5 Å². The van der Waals surface area contributed by atoms with Crippen LogP contribution in [0.2, 0.25) is 0 Å². The molecular formula is C28H39BrN4O4S. The van der Waals surface area contributed by atoms with E-state index in [-0.39, 0.29) is 18.5 Å². The number of anilines is 1. The third-order valence-corrected chi connectivity index (χ3v) is 9.31. The van der Waals surface area contributed by atoms with E-state index < -0.39 is 28.7 Å². The van der Waals surface area contributed by atoms with Crippen molar-refractivity contribution < 1.29 is 18.0 Å². The first-order valence-corrected chi connectivity index (χ1v) is 15.2. The summed E-state index contributed by atoms with van der Waals surface area (Å²) in [6, 6.07) is 12.4. The van der Waals surface area contributed by atoms with E-state index in [4.69, 9.17) is 0 Å². The van der Waals surface area contributed by atoms with Gasteiger partial charge in [-0.3, -0.25) is 9.59 Å². The summed E-state index contributed by atoms with van der Waals surface area (Å²) in [5.74, 6) is -0.684. The van der Waals surface area contributed by atoms with Crippen LogP contribution in [0.5, 0.6) is 0 Å². The Bertz CT molecular complexity index is 1250. The molecule has 0 unspecified atom stereocenters. The number of benzene rings is 2. The van der Waals surface area contributed by atoms with Gasteiger partial charge in [0.2, 0.25) is 11.8 Å². The Balaban J connectivity index is 1.95. The number of hydrogen-bond donors (Lipinski definition) is 1. The van der Waals surface area contributed by atoms with Gasteiger partial charge in [-0.15, -0.1) is 0 Å². The summed E-state index contributed by atoms with van der Waals surface area (Å²) in [6.07, 6.45) is 5.18. The first-order chi connectivity index (χ1) is 17.9. The Morgan fingerprint density at radius 3 is 2.37 bits per heavy atom. The normalized spacial score (nSPS) is 15.2. The maximum atomic E-state index is 13.9. The molecule has 1 fully saturated rings. The van der Waals surface area contributed by atoms with E-state index in [9.17, 15) is 18.0 Å². The van der Waals surface area contributed by atoms with E-state index in [1.807, 2.05) is 50.2 Å². The van der Waals surface area contributed by atoms with Gasteiger partial charge >= 0.3 is 10.2 Å². The zero-order chi connectivity index (χ0) is 28.0. The summed E-state index contributed by atoms with van der Waals surface area (Å²) in [5.41, 5.74) is 2.88. The van der Waals surface area contributed by atoms with Gasteiger partial charge in [0.1, 0.15) is 12.6 Å². The van der Waals surface area contributed by atoms with Gasteiger partial charge in [-0.25, -0.2) is 4.31 Å². The van der Waals surface area contributed by atoms with Crippen molar-refractivity contribution in [3.63, 3.8) is 0 Å². The lowest BCUT2D eigenvalue weighted by Crippen LogP contribution is -2.53. The van der Waals surface area contributed by atoms with Crippen LogP contribution in [0.3, 0.4) is 0 Å².